The number of fused-ring (bicyclic) bond motifs is 3. The molecule has 0 spiro atoms. The number of carbonyl (C=O) groups is 3. The van der Waals surface area contributed by atoms with E-state index in [1.165, 1.54) is 4.90 Å². The molecule has 2 aromatic rings. The molecular weight excluding hydrogens is 444 g/mol. The minimum absolute atomic E-state index is 0.0358. The van der Waals surface area contributed by atoms with Crippen molar-refractivity contribution in [2.24, 2.45) is 5.92 Å². The number of likely N-dealkylation sites (tertiary alicyclic amines) is 1. The van der Waals surface area contributed by atoms with Crippen LogP contribution in [0.5, 0.6) is 0 Å². The molecule has 2 amide bonds. The molecule has 7 heteroatoms. The maximum absolute atomic E-state index is 13.0. The van der Waals surface area contributed by atoms with Gasteiger partial charge in [-0.1, -0.05) is 75.2 Å². The smallest absolute Gasteiger partial charge is 0.407 e. The number of aliphatic carboxylic acids is 1. The minimum Gasteiger partial charge on any atom is -0.480 e. The Balaban J connectivity index is 1.39. The van der Waals surface area contributed by atoms with Crippen molar-refractivity contribution < 1.29 is 24.2 Å². The van der Waals surface area contributed by atoms with Gasteiger partial charge in [-0.25, -0.2) is 9.59 Å². The van der Waals surface area contributed by atoms with Crippen LogP contribution in [0.1, 0.15) is 63.0 Å². The van der Waals surface area contributed by atoms with E-state index in [0.717, 1.165) is 35.1 Å². The molecule has 0 radical (unpaired) electrons. The number of hydrogen-bond donors (Lipinski definition) is 2. The number of carboxylic acid groups (broad SMARTS) is 1. The summed E-state index contributed by atoms with van der Waals surface area (Å²) in [5, 5.41) is 12.4. The molecule has 1 aliphatic carbocycles. The lowest BCUT2D eigenvalue weighted by Gasteiger charge is -2.26. The number of nitrogens with one attached hydrogen (secondary N) is 1. The van der Waals surface area contributed by atoms with Crippen LogP contribution in [0.25, 0.3) is 11.1 Å². The molecule has 2 N–H and O–H groups in total. The fourth-order valence-electron chi connectivity index (χ4n) is 5.41. The number of carboxylic acids is 1. The monoisotopic (exact) mass is 478 g/mol. The molecule has 1 saturated heterocycles. The molecule has 3 atom stereocenters. The zero-order valence-electron chi connectivity index (χ0n) is 20.4. The van der Waals surface area contributed by atoms with Crippen LogP contribution in [-0.4, -0.2) is 53.2 Å². The van der Waals surface area contributed by atoms with E-state index in [1.54, 1.807) is 0 Å². The van der Waals surface area contributed by atoms with Crippen LogP contribution in [-0.2, 0) is 14.3 Å². The first-order chi connectivity index (χ1) is 16.9. The Morgan fingerprint density at radius 2 is 1.71 bits per heavy atom. The Morgan fingerprint density at radius 1 is 1.09 bits per heavy atom. The van der Waals surface area contributed by atoms with Crippen molar-refractivity contribution in [3.05, 3.63) is 59.7 Å². The third-order valence-electron chi connectivity index (χ3n) is 7.27. The molecule has 0 aromatic heterocycles. The van der Waals surface area contributed by atoms with Gasteiger partial charge in [0, 0.05) is 24.9 Å². The van der Waals surface area contributed by atoms with Gasteiger partial charge in [0.1, 0.15) is 12.6 Å². The van der Waals surface area contributed by atoms with Gasteiger partial charge in [0.25, 0.3) is 0 Å². The second-order valence-electron chi connectivity index (χ2n) is 9.65. The number of alkyl carbamates (subject to hydrolysis) is 1. The van der Waals surface area contributed by atoms with Gasteiger partial charge in [0.15, 0.2) is 0 Å². The zero-order chi connectivity index (χ0) is 24.9. The zero-order valence-corrected chi connectivity index (χ0v) is 20.4. The van der Waals surface area contributed by atoms with E-state index in [4.69, 9.17) is 4.74 Å². The Bertz CT molecular complexity index is 1040. The van der Waals surface area contributed by atoms with Crippen molar-refractivity contribution in [3.63, 3.8) is 0 Å². The second kappa shape index (κ2) is 10.9. The largest absolute Gasteiger partial charge is 0.480 e. The molecule has 4 rings (SSSR count). The van der Waals surface area contributed by atoms with Crippen LogP contribution in [0.2, 0.25) is 0 Å². The van der Waals surface area contributed by atoms with E-state index in [9.17, 15) is 19.5 Å². The molecule has 0 bridgehead atoms. The molecule has 1 aliphatic heterocycles. The van der Waals surface area contributed by atoms with Crippen LogP contribution in [0, 0.1) is 5.92 Å². The summed E-state index contributed by atoms with van der Waals surface area (Å²) in [4.78, 5) is 38.9. The highest BCUT2D eigenvalue weighted by molar-refractivity contribution is 5.85. The van der Waals surface area contributed by atoms with E-state index in [2.05, 4.69) is 36.5 Å². The first-order valence-corrected chi connectivity index (χ1v) is 12.5. The van der Waals surface area contributed by atoms with E-state index >= 15 is 0 Å². The SMILES string of the molecule is CCCCC(CC(=O)N1CCC(C)C1C(=O)O)NC(=O)OCC1c2ccccc2-c2ccccc21. The number of nitrogens with zero attached hydrogens (tertiary/aromatic N) is 1. The third kappa shape index (κ3) is 5.34. The highest BCUT2D eigenvalue weighted by atomic mass is 16.5. The summed E-state index contributed by atoms with van der Waals surface area (Å²) < 4.78 is 5.66. The molecular formula is C28H34N2O5. The Hall–Kier alpha value is -3.35. The van der Waals surface area contributed by atoms with Crippen molar-refractivity contribution in [2.75, 3.05) is 13.2 Å². The van der Waals surface area contributed by atoms with Gasteiger partial charge in [-0.3, -0.25) is 4.79 Å². The average Bonchev–Trinajstić information content (AvgIpc) is 3.39. The summed E-state index contributed by atoms with van der Waals surface area (Å²) in [6.45, 7) is 4.55. The van der Waals surface area contributed by atoms with Gasteiger partial charge in [0.05, 0.1) is 0 Å². The molecule has 35 heavy (non-hydrogen) atoms. The fourth-order valence-corrected chi connectivity index (χ4v) is 5.41. The minimum atomic E-state index is -0.974. The van der Waals surface area contributed by atoms with Gasteiger partial charge in [-0.2, -0.15) is 0 Å². The summed E-state index contributed by atoms with van der Waals surface area (Å²) in [6.07, 6.45) is 2.59. The van der Waals surface area contributed by atoms with Crippen LogP contribution in [0.15, 0.2) is 48.5 Å². The normalized spacial score (nSPS) is 19.7. The van der Waals surface area contributed by atoms with Gasteiger partial charge in [-0.15, -0.1) is 0 Å². The standard InChI is InChI=1S/C28H34N2O5/c1-3-4-9-19(16-25(31)30-15-14-18(2)26(30)27(32)33)29-28(34)35-17-24-22-12-7-5-10-20(22)21-11-6-8-13-23(21)24/h5-8,10-13,18-19,24,26H,3-4,9,14-17H2,1-2H3,(H,29,34)(H,32,33). The van der Waals surface area contributed by atoms with Gasteiger partial charge in [-0.05, 0) is 41.0 Å². The number of hydrogen-bond acceptors (Lipinski definition) is 4. The predicted molar refractivity (Wildman–Crippen MR) is 133 cm³/mol. The average molecular weight is 479 g/mol. The molecule has 186 valence electrons. The van der Waals surface area contributed by atoms with E-state index in [1.807, 2.05) is 31.2 Å². The maximum atomic E-state index is 13.0. The van der Waals surface area contributed by atoms with Gasteiger partial charge < -0.3 is 20.1 Å². The number of rotatable bonds is 9. The molecule has 2 aliphatic rings. The number of unbranched alkanes of at least 4 members (excludes halogenated alkanes) is 1. The summed E-state index contributed by atoms with van der Waals surface area (Å²) >= 11 is 0. The topological polar surface area (TPSA) is 95.9 Å². The van der Waals surface area contributed by atoms with E-state index < -0.39 is 24.1 Å². The summed E-state index contributed by atoms with van der Waals surface area (Å²) in [7, 11) is 0. The lowest BCUT2D eigenvalue weighted by molar-refractivity contribution is -0.149. The van der Waals surface area contributed by atoms with Crippen LogP contribution >= 0.6 is 0 Å². The highest BCUT2D eigenvalue weighted by Gasteiger charge is 2.40. The lowest BCUT2D eigenvalue weighted by Crippen LogP contribution is -2.46. The summed E-state index contributed by atoms with van der Waals surface area (Å²) in [6, 6.07) is 15.1. The second-order valence-corrected chi connectivity index (χ2v) is 9.65. The highest BCUT2D eigenvalue weighted by Crippen LogP contribution is 2.44. The maximum Gasteiger partial charge on any atom is 0.407 e. The molecule has 7 nitrogen and oxygen atoms in total. The van der Waals surface area contributed by atoms with Crippen LogP contribution in [0.3, 0.4) is 0 Å². The number of carbonyl (C=O) groups excluding carboxylic acids is 2. The lowest BCUT2D eigenvalue weighted by atomic mass is 9.98. The molecule has 1 heterocycles. The molecule has 0 saturated carbocycles. The van der Waals surface area contributed by atoms with Gasteiger partial charge >= 0.3 is 12.1 Å². The van der Waals surface area contributed by atoms with Crippen molar-refractivity contribution in [3.8, 4) is 11.1 Å². The third-order valence-corrected chi connectivity index (χ3v) is 7.27. The van der Waals surface area contributed by atoms with Crippen molar-refractivity contribution in [1.82, 2.24) is 10.2 Å². The van der Waals surface area contributed by atoms with E-state index in [0.29, 0.717) is 19.4 Å². The summed E-state index contributed by atoms with van der Waals surface area (Å²) in [5.41, 5.74) is 4.61. The van der Waals surface area contributed by atoms with Gasteiger partial charge in [0.2, 0.25) is 5.91 Å². The molecule has 3 unspecified atom stereocenters. The van der Waals surface area contributed by atoms with Crippen molar-refractivity contribution in [1.29, 1.82) is 0 Å². The van der Waals surface area contributed by atoms with E-state index in [-0.39, 0.29) is 30.8 Å². The Kier molecular flexibility index (Phi) is 7.73. The Morgan fingerprint density at radius 3 is 2.31 bits per heavy atom. The van der Waals surface area contributed by atoms with Crippen LogP contribution < -0.4 is 5.32 Å². The number of amides is 2. The predicted octanol–water partition coefficient (Wildman–Crippen LogP) is 4.80. The number of benzene rings is 2. The fraction of sp³-hybridized carbons (Fsp3) is 0.464. The first kappa shape index (κ1) is 24.8. The van der Waals surface area contributed by atoms with Crippen LogP contribution in [0.4, 0.5) is 4.79 Å². The van der Waals surface area contributed by atoms with Crippen molar-refractivity contribution >= 4 is 18.0 Å². The molecule has 2 aromatic carbocycles. The first-order valence-electron chi connectivity index (χ1n) is 12.5. The molecule has 1 fully saturated rings. The van der Waals surface area contributed by atoms with Crippen molar-refractivity contribution in [2.45, 2.75) is 64.0 Å². The quantitative estimate of drug-likeness (QED) is 0.540. The number of ether oxygens (including phenoxy) is 1. The summed E-state index contributed by atoms with van der Waals surface area (Å²) in [5.74, 6) is -1.33. The Labute approximate surface area is 206 Å².